The summed E-state index contributed by atoms with van der Waals surface area (Å²) in [7, 11) is 0. The molecule has 1 heterocycles. The van der Waals surface area contributed by atoms with Crippen LogP contribution in [0.1, 0.15) is 67.4 Å². The number of benzene rings is 2. The van der Waals surface area contributed by atoms with Crippen LogP contribution in [0.4, 0.5) is 0 Å². The van der Waals surface area contributed by atoms with Crippen LogP contribution in [0.5, 0.6) is 0 Å². The van der Waals surface area contributed by atoms with Crippen molar-refractivity contribution < 1.29 is 14.3 Å². The van der Waals surface area contributed by atoms with Gasteiger partial charge >= 0.3 is 5.97 Å². The molecule has 0 aliphatic heterocycles. The molecule has 0 fully saturated rings. The molecule has 0 aliphatic rings. The quantitative estimate of drug-likeness (QED) is 0.471. The number of carbonyl (C=O) groups is 1. The summed E-state index contributed by atoms with van der Waals surface area (Å²) in [6.07, 6.45) is 6.61. The minimum atomic E-state index is -0.898. The second kappa shape index (κ2) is 9.88. The molecule has 0 saturated heterocycles. The highest BCUT2D eigenvalue weighted by molar-refractivity contribution is 5.74. The van der Waals surface area contributed by atoms with Crippen LogP contribution < -0.4 is 0 Å². The maximum Gasteiger partial charge on any atom is 0.315 e. The van der Waals surface area contributed by atoms with Gasteiger partial charge in [0.1, 0.15) is 12.2 Å². The molecule has 3 rings (SSSR count). The molecule has 1 aromatic heterocycles. The van der Waals surface area contributed by atoms with Crippen molar-refractivity contribution in [3.05, 3.63) is 90.1 Å². The normalized spacial score (nSPS) is 14.3. The fourth-order valence-corrected chi connectivity index (χ4v) is 3.93. The van der Waals surface area contributed by atoms with Crippen molar-refractivity contribution >= 4 is 5.97 Å². The molecule has 146 valence electrons. The first-order valence-electron chi connectivity index (χ1n) is 9.92. The van der Waals surface area contributed by atoms with E-state index in [9.17, 15) is 9.90 Å². The topological polar surface area (TPSA) is 63.3 Å². The second-order valence-corrected chi connectivity index (χ2v) is 7.17. The van der Waals surface area contributed by atoms with Gasteiger partial charge in [0.2, 0.25) is 5.89 Å². The largest absolute Gasteiger partial charge is 0.481 e. The molecule has 0 radical (unpaired) electrons. The number of hydrogen-bond acceptors (Lipinski definition) is 3. The van der Waals surface area contributed by atoms with E-state index < -0.39 is 11.9 Å². The standard InChI is InChI=1S/C24H27NO3/c1-2-3-14-20(18-10-6-4-7-11-18)21(19-12-8-5-9-13-19)17-22(24(26)27)23-25-15-16-28-23/h4-13,15-16,20-22H,2-3,14,17H2,1H3,(H,26,27). The van der Waals surface area contributed by atoms with Crippen LogP contribution in [-0.2, 0) is 4.79 Å². The average Bonchev–Trinajstić information content (AvgIpc) is 3.26. The fourth-order valence-electron chi connectivity index (χ4n) is 3.93. The SMILES string of the molecule is CCCCC(c1ccccc1)C(CC(C(=O)O)c1ncco1)c1ccccc1. The van der Waals surface area contributed by atoms with Gasteiger partial charge in [0.15, 0.2) is 0 Å². The smallest absolute Gasteiger partial charge is 0.315 e. The Hall–Kier alpha value is -2.88. The van der Waals surface area contributed by atoms with Gasteiger partial charge in [0.05, 0.1) is 6.20 Å². The molecular formula is C24H27NO3. The molecule has 28 heavy (non-hydrogen) atoms. The molecule has 4 nitrogen and oxygen atoms in total. The molecule has 3 unspecified atom stereocenters. The Kier molecular flexibility index (Phi) is 7.01. The first kappa shape index (κ1) is 19.9. The van der Waals surface area contributed by atoms with Gasteiger partial charge in [-0.15, -0.1) is 0 Å². The molecule has 1 N–H and O–H groups in total. The van der Waals surface area contributed by atoms with Crippen LogP contribution in [0.2, 0.25) is 0 Å². The third-order valence-corrected chi connectivity index (χ3v) is 5.35. The van der Waals surface area contributed by atoms with E-state index in [0.29, 0.717) is 6.42 Å². The van der Waals surface area contributed by atoms with E-state index >= 15 is 0 Å². The maximum absolute atomic E-state index is 12.0. The highest BCUT2D eigenvalue weighted by atomic mass is 16.4. The molecule has 0 bridgehead atoms. The molecule has 0 aliphatic carbocycles. The monoisotopic (exact) mass is 377 g/mol. The summed E-state index contributed by atoms with van der Waals surface area (Å²) in [5.74, 6) is -1.10. The van der Waals surface area contributed by atoms with Crippen LogP contribution in [-0.4, -0.2) is 16.1 Å². The van der Waals surface area contributed by atoms with Crippen molar-refractivity contribution in [2.24, 2.45) is 0 Å². The summed E-state index contributed by atoms with van der Waals surface area (Å²) >= 11 is 0. The summed E-state index contributed by atoms with van der Waals surface area (Å²) < 4.78 is 5.37. The Bertz CT molecular complexity index is 831. The first-order chi connectivity index (χ1) is 13.7. The highest BCUT2D eigenvalue weighted by Gasteiger charge is 2.33. The van der Waals surface area contributed by atoms with Crippen molar-refractivity contribution in [2.75, 3.05) is 0 Å². The molecule has 4 heteroatoms. The first-order valence-corrected chi connectivity index (χ1v) is 9.92. The number of unbranched alkanes of at least 4 members (excludes halogenated alkanes) is 1. The number of carboxylic acids is 1. The Labute approximate surface area is 166 Å². The highest BCUT2D eigenvalue weighted by Crippen LogP contribution is 2.42. The van der Waals surface area contributed by atoms with Gasteiger partial charge in [0.25, 0.3) is 0 Å². The van der Waals surface area contributed by atoms with Gasteiger partial charge in [-0.2, -0.15) is 0 Å². The Morgan fingerprint density at radius 2 is 1.61 bits per heavy atom. The lowest BCUT2D eigenvalue weighted by Gasteiger charge is -2.30. The van der Waals surface area contributed by atoms with E-state index in [-0.39, 0.29) is 17.7 Å². The molecule has 2 aromatic carbocycles. The summed E-state index contributed by atoms with van der Waals surface area (Å²) in [6.45, 7) is 2.19. The van der Waals surface area contributed by atoms with Crippen molar-refractivity contribution in [3.8, 4) is 0 Å². The second-order valence-electron chi connectivity index (χ2n) is 7.17. The Morgan fingerprint density at radius 1 is 1.00 bits per heavy atom. The van der Waals surface area contributed by atoms with Gasteiger partial charge in [-0.1, -0.05) is 80.4 Å². The predicted molar refractivity (Wildman–Crippen MR) is 109 cm³/mol. The summed E-state index contributed by atoms with van der Waals surface area (Å²) in [5, 5.41) is 9.87. The number of carboxylic acid groups (broad SMARTS) is 1. The third-order valence-electron chi connectivity index (χ3n) is 5.35. The molecule has 0 amide bonds. The van der Waals surface area contributed by atoms with Crippen LogP contribution in [0.15, 0.2) is 77.5 Å². The van der Waals surface area contributed by atoms with Gasteiger partial charge in [-0.3, -0.25) is 4.79 Å². The molecule has 0 spiro atoms. The summed E-state index contributed by atoms with van der Waals surface area (Å²) in [6, 6.07) is 20.7. The fraction of sp³-hybridized carbons (Fsp3) is 0.333. The van der Waals surface area contributed by atoms with Gasteiger partial charge in [0, 0.05) is 0 Å². The van der Waals surface area contributed by atoms with Crippen LogP contribution in [0.3, 0.4) is 0 Å². The van der Waals surface area contributed by atoms with Gasteiger partial charge in [-0.25, -0.2) is 4.98 Å². The van der Waals surface area contributed by atoms with E-state index in [1.54, 1.807) is 0 Å². The minimum Gasteiger partial charge on any atom is -0.481 e. The van der Waals surface area contributed by atoms with Crippen molar-refractivity contribution in [1.29, 1.82) is 0 Å². The summed E-state index contributed by atoms with van der Waals surface area (Å²) in [4.78, 5) is 16.2. The van der Waals surface area contributed by atoms with E-state index in [4.69, 9.17) is 4.42 Å². The Morgan fingerprint density at radius 3 is 2.11 bits per heavy atom. The van der Waals surface area contributed by atoms with Crippen LogP contribution >= 0.6 is 0 Å². The molecule has 3 atom stereocenters. The van der Waals surface area contributed by atoms with Crippen LogP contribution in [0.25, 0.3) is 0 Å². The number of rotatable bonds is 10. The zero-order valence-corrected chi connectivity index (χ0v) is 16.2. The third kappa shape index (κ3) is 4.89. The van der Waals surface area contributed by atoms with E-state index in [2.05, 4.69) is 48.3 Å². The average molecular weight is 377 g/mol. The summed E-state index contributed by atoms with van der Waals surface area (Å²) in [5.41, 5.74) is 2.41. The number of nitrogens with zero attached hydrogens (tertiary/aromatic N) is 1. The minimum absolute atomic E-state index is 0.0585. The molecule has 3 aromatic rings. The molecular weight excluding hydrogens is 350 g/mol. The van der Waals surface area contributed by atoms with Crippen LogP contribution in [0, 0.1) is 0 Å². The maximum atomic E-state index is 12.0. The van der Waals surface area contributed by atoms with Crippen molar-refractivity contribution in [1.82, 2.24) is 4.98 Å². The van der Waals surface area contributed by atoms with Gasteiger partial charge < -0.3 is 9.52 Å². The lowest BCUT2D eigenvalue weighted by molar-refractivity contribution is -0.139. The number of oxazole rings is 1. The van der Waals surface area contributed by atoms with E-state index in [1.807, 2.05) is 24.3 Å². The van der Waals surface area contributed by atoms with Crippen molar-refractivity contribution in [2.45, 2.75) is 50.4 Å². The number of aromatic nitrogens is 1. The molecule has 0 saturated carbocycles. The number of hydrogen-bond donors (Lipinski definition) is 1. The Balaban J connectivity index is 2.00. The lowest BCUT2D eigenvalue weighted by Crippen LogP contribution is -2.20. The van der Waals surface area contributed by atoms with Gasteiger partial charge in [-0.05, 0) is 35.8 Å². The van der Waals surface area contributed by atoms with Crippen molar-refractivity contribution in [3.63, 3.8) is 0 Å². The zero-order valence-electron chi connectivity index (χ0n) is 16.2. The van der Waals surface area contributed by atoms with E-state index in [1.165, 1.54) is 18.0 Å². The van der Waals surface area contributed by atoms with E-state index in [0.717, 1.165) is 24.8 Å². The predicted octanol–water partition coefficient (Wildman–Crippen LogP) is 5.99. The lowest BCUT2D eigenvalue weighted by atomic mass is 9.74. The number of aliphatic carboxylic acids is 1. The zero-order chi connectivity index (χ0) is 19.8.